The van der Waals surface area contributed by atoms with E-state index in [4.69, 9.17) is 4.74 Å². The number of nitrogens with one attached hydrogen (secondary N) is 2. The molecule has 0 bridgehead atoms. The molecule has 96 valence electrons. The quantitative estimate of drug-likeness (QED) is 0.762. The van der Waals surface area contributed by atoms with E-state index < -0.39 is 0 Å². The normalized spacial score (nSPS) is 12.8. The van der Waals surface area contributed by atoms with Crippen molar-refractivity contribution in [3.05, 3.63) is 29.8 Å². The summed E-state index contributed by atoms with van der Waals surface area (Å²) >= 11 is 0. The van der Waals surface area contributed by atoms with E-state index in [1.807, 2.05) is 33.0 Å². The maximum absolute atomic E-state index is 5.63. The first-order valence-corrected chi connectivity index (χ1v) is 6.32. The minimum atomic E-state index is 0.225. The van der Waals surface area contributed by atoms with Crippen LogP contribution in [0.3, 0.4) is 0 Å². The third-order valence-corrected chi connectivity index (χ3v) is 2.60. The highest BCUT2D eigenvalue weighted by Gasteiger charge is 2.08. The molecular formula is C14H24N2O. The van der Waals surface area contributed by atoms with Crippen molar-refractivity contribution in [3.63, 3.8) is 0 Å². The summed E-state index contributed by atoms with van der Waals surface area (Å²) in [4.78, 5) is 0. The van der Waals surface area contributed by atoms with Gasteiger partial charge < -0.3 is 15.4 Å². The van der Waals surface area contributed by atoms with Crippen molar-refractivity contribution in [3.8, 4) is 5.75 Å². The van der Waals surface area contributed by atoms with Gasteiger partial charge in [-0.1, -0.05) is 19.1 Å². The average molecular weight is 236 g/mol. The molecule has 2 N–H and O–H groups in total. The van der Waals surface area contributed by atoms with Gasteiger partial charge >= 0.3 is 0 Å². The Morgan fingerprint density at radius 2 is 1.82 bits per heavy atom. The van der Waals surface area contributed by atoms with Crippen LogP contribution < -0.4 is 15.4 Å². The molecule has 0 aliphatic rings. The molecule has 0 amide bonds. The van der Waals surface area contributed by atoms with E-state index >= 15 is 0 Å². The molecule has 0 heterocycles. The van der Waals surface area contributed by atoms with Gasteiger partial charge in [0.25, 0.3) is 0 Å². The van der Waals surface area contributed by atoms with Crippen molar-refractivity contribution in [2.75, 3.05) is 20.1 Å². The van der Waals surface area contributed by atoms with Gasteiger partial charge in [-0.3, -0.25) is 0 Å². The molecule has 1 aromatic rings. The van der Waals surface area contributed by atoms with Crippen molar-refractivity contribution in [1.82, 2.24) is 10.6 Å². The molecule has 3 heteroatoms. The average Bonchev–Trinajstić information content (AvgIpc) is 2.31. The summed E-state index contributed by atoms with van der Waals surface area (Å²) < 4.78 is 5.63. The van der Waals surface area contributed by atoms with E-state index in [1.54, 1.807) is 0 Å². The molecule has 0 aliphatic carbocycles. The van der Waals surface area contributed by atoms with Crippen LogP contribution in [0.15, 0.2) is 24.3 Å². The fourth-order valence-corrected chi connectivity index (χ4v) is 1.73. The Hall–Kier alpha value is -1.06. The van der Waals surface area contributed by atoms with Gasteiger partial charge in [0.1, 0.15) is 5.75 Å². The number of benzene rings is 1. The first-order chi connectivity index (χ1) is 8.17. The van der Waals surface area contributed by atoms with Crippen LogP contribution in [-0.4, -0.2) is 26.2 Å². The van der Waals surface area contributed by atoms with E-state index in [-0.39, 0.29) is 6.10 Å². The molecule has 0 radical (unpaired) electrons. The van der Waals surface area contributed by atoms with Gasteiger partial charge in [-0.05, 0) is 45.1 Å². The first-order valence-electron chi connectivity index (χ1n) is 6.32. The maximum atomic E-state index is 5.63. The van der Waals surface area contributed by atoms with E-state index in [0.717, 1.165) is 18.8 Å². The minimum absolute atomic E-state index is 0.225. The summed E-state index contributed by atoms with van der Waals surface area (Å²) in [5.41, 5.74) is 1.28. The molecule has 1 rings (SSSR count). The summed E-state index contributed by atoms with van der Waals surface area (Å²) in [6.45, 7) is 8.13. The van der Waals surface area contributed by atoms with Crippen molar-refractivity contribution in [2.45, 2.75) is 32.9 Å². The molecule has 0 fully saturated rings. The summed E-state index contributed by atoms with van der Waals surface area (Å²) in [6.07, 6.45) is 0.225. The fourth-order valence-electron chi connectivity index (χ4n) is 1.73. The van der Waals surface area contributed by atoms with Crippen LogP contribution in [0.25, 0.3) is 0 Å². The molecule has 1 aromatic carbocycles. The zero-order chi connectivity index (χ0) is 12.7. The number of hydrogen-bond acceptors (Lipinski definition) is 3. The zero-order valence-corrected chi connectivity index (χ0v) is 11.3. The lowest BCUT2D eigenvalue weighted by atomic mass is 10.1. The van der Waals surface area contributed by atoms with Gasteiger partial charge in [0.15, 0.2) is 0 Å². The van der Waals surface area contributed by atoms with Gasteiger partial charge in [0.2, 0.25) is 0 Å². The van der Waals surface area contributed by atoms with E-state index in [9.17, 15) is 0 Å². The summed E-state index contributed by atoms with van der Waals surface area (Å²) in [5.74, 6) is 0.932. The lowest BCUT2D eigenvalue weighted by Gasteiger charge is -2.17. The smallest absolute Gasteiger partial charge is 0.119 e. The highest BCUT2D eigenvalue weighted by atomic mass is 16.5. The SMILES string of the molecule is CCNCC(NC)c1ccc(OC(C)C)cc1. The van der Waals surface area contributed by atoms with Crippen LogP contribution in [0.2, 0.25) is 0 Å². The van der Waals surface area contributed by atoms with Crippen LogP contribution in [0.1, 0.15) is 32.4 Å². The number of ether oxygens (including phenoxy) is 1. The molecule has 1 atom stereocenters. The van der Waals surface area contributed by atoms with Crippen molar-refractivity contribution >= 4 is 0 Å². The second-order valence-electron chi connectivity index (χ2n) is 4.38. The number of rotatable bonds is 7. The lowest BCUT2D eigenvalue weighted by Crippen LogP contribution is -2.29. The zero-order valence-electron chi connectivity index (χ0n) is 11.3. The summed E-state index contributed by atoms with van der Waals surface area (Å²) in [7, 11) is 1.99. The van der Waals surface area contributed by atoms with Gasteiger partial charge in [0, 0.05) is 12.6 Å². The Balaban J connectivity index is 2.64. The Labute approximate surface area is 105 Å². The monoisotopic (exact) mass is 236 g/mol. The van der Waals surface area contributed by atoms with E-state index in [1.165, 1.54) is 5.56 Å². The third-order valence-electron chi connectivity index (χ3n) is 2.60. The van der Waals surface area contributed by atoms with Crippen molar-refractivity contribution in [1.29, 1.82) is 0 Å². The van der Waals surface area contributed by atoms with Crippen molar-refractivity contribution in [2.24, 2.45) is 0 Å². The van der Waals surface area contributed by atoms with Gasteiger partial charge in [-0.15, -0.1) is 0 Å². The Bertz CT molecular complexity index is 309. The molecule has 3 nitrogen and oxygen atoms in total. The number of likely N-dealkylation sites (N-methyl/N-ethyl adjacent to an activating group) is 2. The van der Waals surface area contributed by atoms with Gasteiger partial charge in [-0.2, -0.15) is 0 Å². The molecular weight excluding hydrogens is 212 g/mol. The predicted molar refractivity (Wildman–Crippen MR) is 72.6 cm³/mol. The highest BCUT2D eigenvalue weighted by Crippen LogP contribution is 2.18. The lowest BCUT2D eigenvalue weighted by molar-refractivity contribution is 0.242. The summed E-state index contributed by atoms with van der Waals surface area (Å²) in [6, 6.07) is 8.66. The van der Waals surface area contributed by atoms with Crippen LogP contribution in [0.4, 0.5) is 0 Å². The topological polar surface area (TPSA) is 33.3 Å². The Morgan fingerprint density at radius 3 is 2.29 bits per heavy atom. The Morgan fingerprint density at radius 1 is 1.18 bits per heavy atom. The third kappa shape index (κ3) is 4.75. The van der Waals surface area contributed by atoms with Crippen LogP contribution in [0.5, 0.6) is 5.75 Å². The first kappa shape index (κ1) is 14.0. The summed E-state index contributed by atoms with van der Waals surface area (Å²) in [5, 5.41) is 6.66. The van der Waals surface area contributed by atoms with Gasteiger partial charge in [0.05, 0.1) is 6.10 Å². The molecule has 0 aromatic heterocycles. The second kappa shape index (κ2) is 7.30. The predicted octanol–water partition coefficient (Wildman–Crippen LogP) is 2.34. The molecule has 17 heavy (non-hydrogen) atoms. The highest BCUT2D eigenvalue weighted by molar-refractivity contribution is 5.29. The minimum Gasteiger partial charge on any atom is -0.491 e. The molecule has 0 saturated carbocycles. The van der Waals surface area contributed by atoms with Crippen LogP contribution in [-0.2, 0) is 0 Å². The van der Waals surface area contributed by atoms with Crippen molar-refractivity contribution < 1.29 is 4.74 Å². The van der Waals surface area contributed by atoms with Crippen LogP contribution in [0, 0.1) is 0 Å². The van der Waals surface area contributed by atoms with E-state index in [2.05, 4.69) is 29.7 Å². The number of hydrogen-bond donors (Lipinski definition) is 2. The molecule has 0 aliphatic heterocycles. The maximum Gasteiger partial charge on any atom is 0.119 e. The standard InChI is InChI=1S/C14H24N2O/c1-5-16-10-14(15-4)12-6-8-13(9-7-12)17-11(2)3/h6-9,11,14-16H,5,10H2,1-4H3. The van der Waals surface area contributed by atoms with E-state index in [0.29, 0.717) is 6.04 Å². The Kier molecular flexibility index (Phi) is 6.01. The fraction of sp³-hybridized carbons (Fsp3) is 0.571. The molecule has 0 saturated heterocycles. The van der Waals surface area contributed by atoms with Gasteiger partial charge in [-0.25, -0.2) is 0 Å². The molecule has 1 unspecified atom stereocenters. The largest absolute Gasteiger partial charge is 0.491 e. The van der Waals surface area contributed by atoms with Crippen LogP contribution >= 0.6 is 0 Å². The second-order valence-corrected chi connectivity index (χ2v) is 4.38. The molecule has 0 spiro atoms.